The van der Waals surface area contributed by atoms with Gasteiger partial charge in [-0.25, -0.2) is 4.79 Å². The van der Waals surface area contributed by atoms with E-state index in [0.29, 0.717) is 25.4 Å². The van der Waals surface area contributed by atoms with Gasteiger partial charge in [-0.05, 0) is 11.6 Å². The maximum atomic E-state index is 11.4. The summed E-state index contributed by atoms with van der Waals surface area (Å²) >= 11 is 0. The average Bonchev–Trinajstić information content (AvgIpc) is 2.34. The van der Waals surface area contributed by atoms with Gasteiger partial charge in [-0.1, -0.05) is 18.2 Å². The van der Waals surface area contributed by atoms with Gasteiger partial charge in [-0.3, -0.25) is 0 Å². The molecule has 0 aliphatic carbocycles. The van der Waals surface area contributed by atoms with Crippen LogP contribution in [0.4, 0.5) is 0 Å². The predicted octanol–water partition coefficient (Wildman–Crippen LogP) is 1.64. The first-order chi connectivity index (χ1) is 7.79. The highest BCUT2D eigenvalue weighted by Crippen LogP contribution is 2.11. The molecule has 0 N–H and O–H groups in total. The summed E-state index contributed by atoms with van der Waals surface area (Å²) in [5.41, 5.74) is 1.37. The van der Waals surface area contributed by atoms with Gasteiger partial charge in [0.25, 0.3) is 0 Å². The monoisotopic (exact) mass is 224 g/mol. The highest BCUT2D eigenvalue weighted by Gasteiger charge is 2.10. The maximum Gasteiger partial charge on any atom is 0.338 e. The number of ether oxygens (including phenoxy) is 3. The van der Waals surface area contributed by atoms with Gasteiger partial charge >= 0.3 is 5.97 Å². The fourth-order valence-corrected chi connectivity index (χ4v) is 1.28. The molecule has 0 atom stereocenters. The van der Waals surface area contributed by atoms with Gasteiger partial charge < -0.3 is 14.2 Å². The summed E-state index contributed by atoms with van der Waals surface area (Å²) in [5, 5.41) is 0. The first-order valence-electron chi connectivity index (χ1n) is 5.02. The lowest BCUT2D eigenvalue weighted by molar-refractivity contribution is 0.0552. The van der Waals surface area contributed by atoms with Crippen molar-refractivity contribution < 1.29 is 19.0 Å². The standard InChI is InChI=1S/C12H16O4/c1-14-7-8-16-9-10-5-3-4-6-11(10)12(13)15-2/h3-6H,7-9H2,1-2H3. The third-order valence-corrected chi connectivity index (χ3v) is 2.11. The Kier molecular flexibility index (Phi) is 5.53. The number of rotatable bonds is 6. The summed E-state index contributed by atoms with van der Waals surface area (Å²) in [6.45, 7) is 1.43. The number of carbonyl (C=O) groups excluding carboxylic acids is 1. The van der Waals surface area contributed by atoms with Gasteiger partial charge in [0.15, 0.2) is 0 Å². The van der Waals surface area contributed by atoms with Crippen LogP contribution in [0.3, 0.4) is 0 Å². The van der Waals surface area contributed by atoms with Crippen molar-refractivity contribution in [2.24, 2.45) is 0 Å². The van der Waals surface area contributed by atoms with Crippen molar-refractivity contribution in [1.82, 2.24) is 0 Å². The van der Waals surface area contributed by atoms with Crippen LogP contribution in [0, 0.1) is 0 Å². The van der Waals surface area contributed by atoms with Crippen LogP contribution >= 0.6 is 0 Å². The molecule has 0 aliphatic rings. The van der Waals surface area contributed by atoms with Crippen molar-refractivity contribution in [3.8, 4) is 0 Å². The van der Waals surface area contributed by atoms with Crippen LogP contribution in [0.25, 0.3) is 0 Å². The smallest absolute Gasteiger partial charge is 0.338 e. The number of hydrogen-bond acceptors (Lipinski definition) is 4. The molecule has 1 rings (SSSR count). The zero-order valence-corrected chi connectivity index (χ0v) is 9.56. The molecular weight excluding hydrogens is 208 g/mol. The fourth-order valence-electron chi connectivity index (χ4n) is 1.28. The van der Waals surface area contributed by atoms with Crippen molar-refractivity contribution >= 4 is 5.97 Å². The van der Waals surface area contributed by atoms with Crippen molar-refractivity contribution in [2.75, 3.05) is 27.4 Å². The van der Waals surface area contributed by atoms with E-state index < -0.39 is 0 Å². The molecule has 0 saturated carbocycles. The van der Waals surface area contributed by atoms with Crippen molar-refractivity contribution in [2.45, 2.75) is 6.61 Å². The molecule has 0 aromatic heterocycles. The summed E-state index contributed by atoms with van der Waals surface area (Å²) in [7, 11) is 2.98. The van der Waals surface area contributed by atoms with Crippen LogP contribution in [0.2, 0.25) is 0 Å². The second-order valence-electron chi connectivity index (χ2n) is 3.19. The minimum absolute atomic E-state index is 0.342. The van der Waals surface area contributed by atoms with Crippen LogP contribution in [0.5, 0.6) is 0 Å². The fraction of sp³-hybridized carbons (Fsp3) is 0.417. The molecule has 4 nitrogen and oxygen atoms in total. The molecule has 0 amide bonds. The first kappa shape index (κ1) is 12.7. The van der Waals surface area contributed by atoms with Crippen LogP contribution in [-0.4, -0.2) is 33.4 Å². The normalized spacial score (nSPS) is 10.1. The van der Waals surface area contributed by atoms with E-state index in [1.54, 1.807) is 19.2 Å². The van der Waals surface area contributed by atoms with Crippen molar-refractivity contribution in [1.29, 1.82) is 0 Å². The van der Waals surface area contributed by atoms with E-state index in [2.05, 4.69) is 4.74 Å². The molecule has 0 spiro atoms. The summed E-state index contributed by atoms with van der Waals surface area (Å²) < 4.78 is 14.9. The summed E-state index contributed by atoms with van der Waals surface area (Å²) in [6.07, 6.45) is 0. The van der Waals surface area contributed by atoms with E-state index in [9.17, 15) is 4.79 Å². The Bertz CT molecular complexity index is 336. The van der Waals surface area contributed by atoms with Gasteiger partial charge in [0.05, 0.1) is 32.5 Å². The molecule has 16 heavy (non-hydrogen) atoms. The Hall–Kier alpha value is -1.39. The number of benzene rings is 1. The number of methoxy groups -OCH3 is 2. The van der Waals surface area contributed by atoms with E-state index in [4.69, 9.17) is 9.47 Å². The summed E-state index contributed by atoms with van der Waals surface area (Å²) in [5.74, 6) is -0.342. The van der Waals surface area contributed by atoms with Crippen molar-refractivity contribution in [3.05, 3.63) is 35.4 Å². The topological polar surface area (TPSA) is 44.8 Å². The minimum atomic E-state index is -0.342. The van der Waals surface area contributed by atoms with E-state index in [1.165, 1.54) is 7.11 Å². The Morgan fingerprint density at radius 2 is 1.94 bits per heavy atom. The van der Waals surface area contributed by atoms with E-state index >= 15 is 0 Å². The van der Waals surface area contributed by atoms with Crippen molar-refractivity contribution in [3.63, 3.8) is 0 Å². The molecule has 0 fully saturated rings. The number of carbonyl (C=O) groups is 1. The van der Waals surface area contributed by atoms with Crippen LogP contribution in [-0.2, 0) is 20.8 Å². The van der Waals surface area contributed by atoms with Gasteiger partial charge in [-0.15, -0.1) is 0 Å². The van der Waals surface area contributed by atoms with Crippen LogP contribution < -0.4 is 0 Å². The number of hydrogen-bond donors (Lipinski definition) is 0. The second kappa shape index (κ2) is 6.98. The lowest BCUT2D eigenvalue weighted by Gasteiger charge is -2.08. The Balaban J connectivity index is 2.60. The highest BCUT2D eigenvalue weighted by molar-refractivity contribution is 5.90. The summed E-state index contributed by atoms with van der Waals surface area (Å²) in [6, 6.07) is 7.23. The molecular formula is C12H16O4. The van der Waals surface area contributed by atoms with Gasteiger partial charge in [0.1, 0.15) is 0 Å². The zero-order valence-electron chi connectivity index (χ0n) is 9.56. The molecule has 1 aromatic carbocycles. The molecule has 0 bridgehead atoms. The summed E-state index contributed by atoms with van der Waals surface area (Å²) in [4.78, 5) is 11.4. The lowest BCUT2D eigenvalue weighted by atomic mass is 10.1. The SMILES string of the molecule is COCCOCc1ccccc1C(=O)OC. The molecule has 0 saturated heterocycles. The molecule has 4 heteroatoms. The number of esters is 1. The highest BCUT2D eigenvalue weighted by atomic mass is 16.5. The predicted molar refractivity (Wildman–Crippen MR) is 59.3 cm³/mol. The molecule has 0 aliphatic heterocycles. The average molecular weight is 224 g/mol. The third-order valence-electron chi connectivity index (χ3n) is 2.11. The zero-order chi connectivity index (χ0) is 11.8. The van der Waals surface area contributed by atoms with Gasteiger partial charge in [0, 0.05) is 7.11 Å². The molecule has 1 aromatic rings. The molecule has 0 unspecified atom stereocenters. The van der Waals surface area contributed by atoms with Crippen LogP contribution in [0.15, 0.2) is 24.3 Å². The van der Waals surface area contributed by atoms with Crippen LogP contribution in [0.1, 0.15) is 15.9 Å². The lowest BCUT2D eigenvalue weighted by Crippen LogP contribution is -2.08. The van der Waals surface area contributed by atoms with Gasteiger partial charge in [0.2, 0.25) is 0 Å². The Labute approximate surface area is 95.1 Å². The Morgan fingerprint density at radius 3 is 2.62 bits per heavy atom. The van der Waals surface area contributed by atoms with Gasteiger partial charge in [-0.2, -0.15) is 0 Å². The minimum Gasteiger partial charge on any atom is -0.465 e. The first-order valence-corrected chi connectivity index (χ1v) is 5.02. The molecule has 0 heterocycles. The largest absolute Gasteiger partial charge is 0.465 e. The molecule has 0 radical (unpaired) electrons. The second-order valence-corrected chi connectivity index (χ2v) is 3.19. The quantitative estimate of drug-likeness (QED) is 0.544. The molecule has 88 valence electrons. The van der Waals surface area contributed by atoms with E-state index in [1.807, 2.05) is 12.1 Å². The Morgan fingerprint density at radius 1 is 1.19 bits per heavy atom. The third kappa shape index (κ3) is 3.64. The maximum absolute atomic E-state index is 11.4. The van der Waals surface area contributed by atoms with E-state index in [0.717, 1.165) is 5.56 Å². The van der Waals surface area contributed by atoms with E-state index in [-0.39, 0.29) is 5.97 Å².